The summed E-state index contributed by atoms with van der Waals surface area (Å²) in [7, 11) is 0. The standard InChI is InChI=1S/C15H21ClN2O2/c16-14-12(6-3-7-13(14)17)15(20)18-8-10-4-1-2-5-11(10)9-19/h3,6-7,10-11,19H,1-2,4-5,8-9,17H2,(H,18,20). The number of hydrogen-bond acceptors (Lipinski definition) is 3. The van der Waals surface area contributed by atoms with Crippen molar-refractivity contribution >= 4 is 23.2 Å². The Labute approximate surface area is 124 Å². The van der Waals surface area contributed by atoms with Crippen LogP contribution in [0.2, 0.25) is 5.02 Å². The summed E-state index contributed by atoms with van der Waals surface area (Å²) in [6, 6.07) is 5.05. The predicted molar refractivity (Wildman–Crippen MR) is 80.7 cm³/mol. The number of halogens is 1. The number of amides is 1. The number of nitrogens with two attached hydrogens (primary N) is 1. The van der Waals surface area contributed by atoms with Gasteiger partial charge in [-0.2, -0.15) is 0 Å². The van der Waals surface area contributed by atoms with Gasteiger partial charge in [0.05, 0.1) is 16.3 Å². The fraction of sp³-hybridized carbons (Fsp3) is 0.533. The molecule has 1 aliphatic carbocycles. The fourth-order valence-electron chi connectivity index (χ4n) is 2.84. The van der Waals surface area contributed by atoms with Gasteiger partial charge in [0.15, 0.2) is 0 Å². The number of nitrogen functional groups attached to an aromatic ring is 1. The Balaban J connectivity index is 1.96. The third-order valence-electron chi connectivity index (χ3n) is 4.10. The molecule has 0 saturated heterocycles. The van der Waals surface area contributed by atoms with Gasteiger partial charge < -0.3 is 16.2 Å². The number of anilines is 1. The monoisotopic (exact) mass is 296 g/mol. The molecule has 0 heterocycles. The van der Waals surface area contributed by atoms with E-state index < -0.39 is 0 Å². The van der Waals surface area contributed by atoms with Crippen LogP contribution in [0.4, 0.5) is 5.69 Å². The van der Waals surface area contributed by atoms with Crippen molar-refractivity contribution in [1.82, 2.24) is 5.32 Å². The van der Waals surface area contributed by atoms with Crippen molar-refractivity contribution in [3.63, 3.8) is 0 Å². The molecule has 1 fully saturated rings. The fourth-order valence-corrected chi connectivity index (χ4v) is 3.05. The summed E-state index contributed by atoms with van der Waals surface area (Å²) < 4.78 is 0. The van der Waals surface area contributed by atoms with Crippen molar-refractivity contribution in [2.75, 3.05) is 18.9 Å². The zero-order valence-electron chi connectivity index (χ0n) is 11.4. The maximum atomic E-state index is 12.1. The number of carbonyl (C=O) groups is 1. The molecule has 1 saturated carbocycles. The number of carbonyl (C=O) groups excluding carboxylic acids is 1. The normalized spacial score (nSPS) is 22.5. The first-order valence-electron chi connectivity index (χ1n) is 7.06. The highest BCUT2D eigenvalue weighted by atomic mass is 35.5. The molecule has 1 aromatic rings. The Morgan fingerprint density at radius 3 is 2.75 bits per heavy atom. The van der Waals surface area contributed by atoms with Crippen LogP contribution in [0.3, 0.4) is 0 Å². The number of aliphatic hydroxyl groups excluding tert-OH is 1. The minimum Gasteiger partial charge on any atom is -0.398 e. The highest BCUT2D eigenvalue weighted by molar-refractivity contribution is 6.36. The van der Waals surface area contributed by atoms with E-state index in [2.05, 4.69) is 5.32 Å². The molecule has 0 spiro atoms. The number of nitrogens with one attached hydrogen (secondary N) is 1. The van der Waals surface area contributed by atoms with E-state index in [1.54, 1.807) is 18.2 Å². The van der Waals surface area contributed by atoms with Crippen LogP contribution in [0.15, 0.2) is 18.2 Å². The molecule has 4 N–H and O–H groups in total. The molecule has 2 atom stereocenters. The minimum atomic E-state index is -0.204. The average Bonchev–Trinajstić information content (AvgIpc) is 2.48. The van der Waals surface area contributed by atoms with Gasteiger partial charge in [0.1, 0.15) is 0 Å². The van der Waals surface area contributed by atoms with Gasteiger partial charge >= 0.3 is 0 Å². The second kappa shape index (κ2) is 6.95. The van der Waals surface area contributed by atoms with Crippen LogP contribution in [-0.4, -0.2) is 24.2 Å². The molecule has 1 amide bonds. The topological polar surface area (TPSA) is 75.4 Å². The van der Waals surface area contributed by atoms with E-state index in [1.165, 1.54) is 0 Å². The maximum Gasteiger partial charge on any atom is 0.252 e. The molecule has 2 unspecified atom stereocenters. The molecular weight excluding hydrogens is 276 g/mol. The summed E-state index contributed by atoms with van der Waals surface area (Å²) in [5.41, 5.74) is 6.51. The van der Waals surface area contributed by atoms with E-state index in [0.29, 0.717) is 34.7 Å². The number of benzene rings is 1. The van der Waals surface area contributed by atoms with Crippen molar-refractivity contribution in [2.45, 2.75) is 25.7 Å². The predicted octanol–water partition coefficient (Wildman–Crippen LogP) is 2.45. The first-order valence-corrected chi connectivity index (χ1v) is 7.44. The van der Waals surface area contributed by atoms with Gasteiger partial charge in [-0.15, -0.1) is 0 Å². The van der Waals surface area contributed by atoms with Crippen molar-refractivity contribution in [3.05, 3.63) is 28.8 Å². The Morgan fingerprint density at radius 1 is 1.35 bits per heavy atom. The number of hydrogen-bond donors (Lipinski definition) is 3. The van der Waals surface area contributed by atoms with Gasteiger partial charge in [-0.05, 0) is 36.8 Å². The highest BCUT2D eigenvalue weighted by Crippen LogP contribution is 2.29. The summed E-state index contributed by atoms with van der Waals surface area (Å²) >= 11 is 6.04. The smallest absolute Gasteiger partial charge is 0.252 e. The summed E-state index contributed by atoms with van der Waals surface area (Å²) in [4.78, 5) is 12.1. The van der Waals surface area contributed by atoms with Crippen LogP contribution < -0.4 is 11.1 Å². The minimum absolute atomic E-state index is 0.194. The van der Waals surface area contributed by atoms with Crippen LogP contribution in [0, 0.1) is 11.8 Å². The SMILES string of the molecule is Nc1cccc(C(=O)NCC2CCCCC2CO)c1Cl. The maximum absolute atomic E-state index is 12.1. The summed E-state index contributed by atoms with van der Waals surface area (Å²) in [6.07, 6.45) is 4.42. The van der Waals surface area contributed by atoms with Crippen molar-refractivity contribution in [1.29, 1.82) is 0 Å². The lowest BCUT2D eigenvalue weighted by Crippen LogP contribution is -2.35. The van der Waals surface area contributed by atoms with E-state index in [1.807, 2.05) is 0 Å². The molecular formula is C15H21ClN2O2. The molecule has 2 rings (SSSR count). The quantitative estimate of drug-likeness (QED) is 0.747. The summed E-state index contributed by atoms with van der Waals surface area (Å²) in [5, 5.41) is 12.6. The van der Waals surface area contributed by atoms with Crippen molar-refractivity contribution < 1.29 is 9.90 Å². The largest absolute Gasteiger partial charge is 0.398 e. The molecule has 1 aliphatic rings. The molecule has 0 radical (unpaired) electrons. The van der Waals surface area contributed by atoms with Crippen LogP contribution in [0.5, 0.6) is 0 Å². The van der Waals surface area contributed by atoms with E-state index in [-0.39, 0.29) is 12.5 Å². The lowest BCUT2D eigenvalue weighted by Gasteiger charge is -2.30. The Kier molecular flexibility index (Phi) is 5.26. The van der Waals surface area contributed by atoms with Gasteiger partial charge in [-0.25, -0.2) is 0 Å². The summed E-state index contributed by atoms with van der Waals surface area (Å²) in [6.45, 7) is 0.773. The molecule has 0 aromatic heterocycles. The first kappa shape index (κ1) is 15.1. The van der Waals surface area contributed by atoms with E-state index in [4.69, 9.17) is 17.3 Å². The second-order valence-corrected chi connectivity index (χ2v) is 5.78. The average molecular weight is 297 g/mol. The molecule has 4 nitrogen and oxygen atoms in total. The van der Waals surface area contributed by atoms with Crippen molar-refractivity contribution in [3.8, 4) is 0 Å². The highest BCUT2D eigenvalue weighted by Gasteiger charge is 2.25. The van der Waals surface area contributed by atoms with E-state index in [0.717, 1.165) is 25.7 Å². The third kappa shape index (κ3) is 3.44. The molecule has 1 aromatic carbocycles. The Bertz CT molecular complexity index is 479. The van der Waals surface area contributed by atoms with Gasteiger partial charge in [-0.3, -0.25) is 4.79 Å². The van der Waals surface area contributed by atoms with Gasteiger partial charge in [0.25, 0.3) is 5.91 Å². The lowest BCUT2D eigenvalue weighted by molar-refractivity contribution is 0.0909. The van der Waals surface area contributed by atoms with Gasteiger partial charge in [-0.1, -0.05) is 30.5 Å². The van der Waals surface area contributed by atoms with E-state index >= 15 is 0 Å². The van der Waals surface area contributed by atoms with Crippen LogP contribution in [0.1, 0.15) is 36.0 Å². The Hall–Kier alpha value is -1.26. The van der Waals surface area contributed by atoms with Crippen LogP contribution >= 0.6 is 11.6 Å². The lowest BCUT2D eigenvalue weighted by atomic mass is 9.79. The number of aliphatic hydroxyl groups is 1. The summed E-state index contributed by atoms with van der Waals surface area (Å²) in [5.74, 6) is 0.433. The molecule has 0 bridgehead atoms. The molecule has 5 heteroatoms. The molecule has 20 heavy (non-hydrogen) atoms. The zero-order chi connectivity index (χ0) is 14.5. The van der Waals surface area contributed by atoms with Gasteiger partial charge in [0, 0.05) is 13.2 Å². The first-order chi connectivity index (χ1) is 9.63. The molecule has 0 aliphatic heterocycles. The van der Waals surface area contributed by atoms with Gasteiger partial charge in [0.2, 0.25) is 0 Å². The van der Waals surface area contributed by atoms with E-state index in [9.17, 15) is 9.90 Å². The molecule has 110 valence electrons. The van der Waals surface area contributed by atoms with Crippen molar-refractivity contribution in [2.24, 2.45) is 11.8 Å². The Morgan fingerprint density at radius 2 is 2.05 bits per heavy atom. The number of rotatable bonds is 4. The van der Waals surface area contributed by atoms with Crippen LogP contribution in [-0.2, 0) is 0 Å². The third-order valence-corrected chi connectivity index (χ3v) is 4.52. The second-order valence-electron chi connectivity index (χ2n) is 5.41. The van der Waals surface area contributed by atoms with Crippen LogP contribution in [0.25, 0.3) is 0 Å². The zero-order valence-corrected chi connectivity index (χ0v) is 12.2.